The molecule has 0 saturated carbocycles. The molecule has 0 bridgehead atoms. The molecule has 0 radical (unpaired) electrons. The summed E-state index contributed by atoms with van der Waals surface area (Å²) < 4.78 is 6.41. The number of rotatable bonds is 6. The summed E-state index contributed by atoms with van der Waals surface area (Å²) in [4.78, 5) is 27.1. The second-order valence-corrected chi connectivity index (χ2v) is 6.94. The lowest BCUT2D eigenvalue weighted by Crippen LogP contribution is -2.29. The lowest BCUT2D eigenvalue weighted by Gasteiger charge is -2.11. The molecule has 1 aliphatic heterocycles. The summed E-state index contributed by atoms with van der Waals surface area (Å²) in [6.45, 7) is 2.25. The number of carbonyl (C=O) groups is 2. The van der Waals surface area contributed by atoms with Gasteiger partial charge in [0.05, 0.1) is 21.8 Å². The predicted octanol–water partition coefficient (Wildman–Crippen LogP) is 0.474. The first-order valence-electron chi connectivity index (χ1n) is 6.54. The molecule has 2 amide bonds. The van der Waals surface area contributed by atoms with E-state index < -0.39 is 6.10 Å². The molecular weight excluding hydrogens is 312 g/mol. The second-order valence-electron chi connectivity index (χ2n) is 4.70. The van der Waals surface area contributed by atoms with Crippen molar-refractivity contribution < 1.29 is 14.3 Å². The van der Waals surface area contributed by atoms with Crippen LogP contribution in [0.15, 0.2) is 4.21 Å². The normalized spacial score (nSPS) is 21.4. The van der Waals surface area contributed by atoms with Gasteiger partial charge >= 0.3 is 0 Å². The molecule has 2 heterocycles. The molecule has 1 aromatic heterocycles. The van der Waals surface area contributed by atoms with E-state index in [0.29, 0.717) is 18.1 Å². The van der Waals surface area contributed by atoms with Crippen LogP contribution in [0.5, 0.6) is 0 Å². The Bertz CT molecular complexity index is 535. The maximum atomic E-state index is 12.1. The second kappa shape index (κ2) is 7.21. The Morgan fingerprint density at radius 3 is 2.90 bits per heavy atom. The van der Waals surface area contributed by atoms with E-state index in [2.05, 4.69) is 10.3 Å². The molecule has 2 rings (SSSR count). The summed E-state index contributed by atoms with van der Waals surface area (Å²) >= 11 is 2.65. The zero-order chi connectivity index (χ0) is 15.4. The Morgan fingerprint density at radius 1 is 1.52 bits per heavy atom. The van der Waals surface area contributed by atoms with E-state index >= 15 is 0 Å². The zero-order valence-electron chi connectivity index (χ0n) is 11.6. The zero-order valence-corrected chi connectivity index (χ0v) is 13.3. The van der Waals surface area contributed by atoms with Gasteiger partial charge in [-0.25, -0.2) is 4.98 Å². The fourth-order valence-electron chi connectivity index (χ4n) is 1.96. The number of thioether (sulfide) groups is 1. The average molecular weight is 330 g/mol. The van der Waals surface area contributed by atoms with Crippen LogP contribution in [0.4, 0.5) is 5.13 Å². The number of carbonyl (C=O) groups excluding carboxylic acids is 2. The number of nitrogens with zero attached hydrogens (tertiary/aromatic N) is 1. The molecule has 1 saturated heterocycles. The Labute approximate surface area is 130 Å². The van der Waals surface area contributed by atoms with Crippen LogP contribution in [0, 0.1) is 6.92 Å². The third-order valence-corrected chi connectivity index (χ3v) is 5.45. The van der Waals surface area contributed by atoms with Crippen molar-refractivity contribution in [1.29, 1.82) is 0 Å². The summed E-state index contributed by atoms with van der Waals surface area (Å²) in [5, 5.41) is 3.25. The molecule has 0 unspecified atom stereocenters. The smallest absolute Gasteiger partial charge is 0.255 e. The fraction of sp³-hybridized carbons (Fsp3) is 0.583. The van der Waals surface area contributed by atoms with Crippen molar-refractivity contribution in [2.45, 2.75) is 36.2 Å². The minimum absolute atomic E-state index is 0.0412. The number of thiazole rings is 1. The summed E-state index contributed by atoms with van der Waals surface area (Å²) in [6.07, 6.45) is 0.956. The van der Waals surface area contributed by atoms with Gasteiger partial charge in [0.2, 0.25) is 5.91 Å². The van der Waals surface area contributed by atoms with Gasteiger partial charge in [-0.3, -0.25) is 14.9 Å². The van der Waals surface area contributed by atoms with Crippen LogP contribution in [0.3, 0.4) is 0 Å². The highest BCUT2D eigenvalue weighted by molar-refractivity contribution is 8.01. The largest absolute Gasteiger partial charge is 0.369 e. The van der Waals surface area contributed by atoms with Crippen LogP contribution >= 0.6 is 23.1 Å². The first kappa shape index (κ1) is 16.2. The Morgan fingerprint density at radius 2 is 2.29 bits per heavy atom. The number of aromatic nitrogens is 1. The van der Waals surface area contributed by atoms with Gasteiger partial charge < -0.3 is 16.2 Å². The quantitative estimate of drug-likeness (QED) is 0.652. The SMILES string of the molecule is Cc1nc(NC(=O)[C@@H]2CC[C@H](CN)O2)sc1SCC(N)=O. The molecule has 0 aliphatic carbocycles. The molecule has 21 heavy (non-hydrogen) atoms. The van der Waals surface area contributed by atoms with Crippen LogP contribution in [0.25, 0.3) is 0 Å². The number of hydrogen-bond donors (Lipinski definition) is 3. The lowest BCUT2D eigenvalue weighted by molar-refractivity contribution is -0.126. The third kappa shape index (κ3) is 4.40. The molecule has 1 aromatic rings. The topological polar surface area (TPSA) is 120 Å². The molecule has 1 aliphatic rings. The number of nitrogens with two attached hydrogens (primary N) is 2. The van der Waals surface area contributed by atoms with Crippen LogP contribution < -0.4 is 16.8 Å². The van der Waals surface area contributed by atoms with Crippen molar-refractivity contribution in [3.8, 4) is 0 Å². The standard InChI is InChI=1S/C12H18N4O3S2/c1-6-11(20-5-9(14)17)21-12(15-6)16-10(18)8-3-2-7(4-13)19-8/h7-8H,2-5,13H2,1H3,(H2,14,17)(H,15,16,18)/t7-,8+/m1/s1. The lowest BCUT2D eigenvalue weighted by atomic mass is 10.2. The molecule has 1 fully saturated rings. The first-order valence-corrected chi connectivity index (χ1v) is 8.34. The Hall–Kier alpha value is -1.16. The van der Waals surface area contributed by atoms with E-state index in [1.165, 1.54) is 23.1 Å². The summed E-state index contributed by atoms with van der Waals surface area (Å²) in [7, 11) is 0. The van der Waals surface area contributed by atoms with Crippen LogP contribution in [-0.4, -0.2) is 41.3 Å². The number of amides is 2. The van der Waals surface area contributed by atoms with Gasteiger partial charge in [0.25, 0.3) is 5.91 Å². The van der Waals surface area contributed by atoms with E-state index in [1.807, 2.05) is 6.92 Å². The maximum Gasteiger partial charge on any atom is 0.255 e. The van der Waals surface area contributed by atoms with Crippen LogP contribution in [0.2, 0.25) is 0 Å². The Balaban J connectivity index is 1.92. The first-order chi connectivity index (χ1) is 9.99. The van der Waals surface area contributed by atoms with E-state index in [1.54, 1.807) is 0 Å². The molecule has 5 N–H and O–H groups in total. The number of ether oxygens (including phenoxy) is 1. The van der Waals surface area contributed by atoms with Gasteiger partial charge in [0.15, 0.2) is 5.13 Å². The van der Waals surface area contributed by atoms with Crippen molar-refractivity contribution in [3.63, 3.8) is 0 Å². The van der Waals surface area contributed by atoms with Crippen LogP contribution in [-0.2, 0) is 14.3 Å². The highest BCUT2D eigenvalue weighted by atomic mass is 32.2. The maximum absolute atomic E-state index is 12.1. The van der Waals surface area contributed by atoms with Crippen molar-refractivity contribution in [2.24, 2.45) is 11.5 Å². The fourth-order valence-corrected chi connectivity index (χ4v) is 3.84. The van der Waals surface area contributed by atoms with Gasteiger partial charge in [-0.15, -0.1) is 11.8 Å². The number of primary amides is 1. The van der Waals surface area contributed by atoms with E-state index in [4.69, 9.17) is 16.2 Å². The molecule has 116 valence electrons. The molecule has 0 spiro atoms. The van der Waals surface area contributed by atoms with E-state index in [0.717, 1.165) is 16.3 Å². The van der Waals surface area contributed by atoms with Crippen molar-refractivity contribution in [2.75, 3.05) is 17.6 Å². The third-order valence-electron chi connectivity index (χ3n) is 2.99. The average Bonchev–Trinajstić information content (AvgIpc) is 3.03. The van der Waals surface area contributed by atoms with Gasteiger partial charge in [-0.2, -0.15) is 0 Å². The summed E-state index contributed by atoms with van der Waals surface area (Å²) in [5.41, 5.74) is 11.4. The van der Waals surface area contributed by atoms with Crippen molar-refractivity contribution in [1.82, 2.24) is 4.98 Å². The monoisotopic (exact) mass is 330 g/mol. The van der Waals surface area contributed by atoms with Crippen molar-refractivity contribution in [3.05, 3.63) is 5.69 Å². The summed E-state index contributed by atoms with van der Waals surface area (Å²) in [5.74, 6) is -0.392. The number of hydrogen-bond acceptors (Lipinski definition) is 7. The van der Waals surface area contributed by atoms with Gasteiger partial charge in [-0.1, -0.05) is 11.3 Å². The molecule has 2 atom stereocenters. The van der Waals surface area contributed by atoms with Crippen LogP contribution in [0.1, 0.15) is 18.5 Å². The van der Waals surface area contributed by atoms with Gasteiger partial charge in [0, 0.05) is 6.54 Å². The number of anilines is 1. The Kier molecular flexibility index (Phi) is 5.57. The minimum Gasteiger partial charge on any atom is -0.369 e. The molecule has 0 aromatic carbocycles. The van der Waals surface area contributed by atoms with E-state index in [9.17, 15) is 9.59 Å². The predicted molar refractivity (Wildman–Crippen MR) is 82.3 cm³/mol. The molecule has 9 heteroatoms. The van der Waals surface area contributed by atoms with E-state index in [-0.39, 0.29) is 23.7 Å². The number of aryl methyl sites for hydroxylation is 1. The minimum atomic E-state index is -0.468. The molecule has 7 nitrogen and oxygen atoms in total. The number of nitrogens with one attached hydrogen (secondary N) is 1. The molecular formula is C12H18N4O3S2. The highest BCUT2D eigenvalue weighted by Gasteiger charge is 2.30. The van der Waals surface area contributed by atoms with Crippen molar-refractivity contribution >= 4 is 40.0 Å². The highest BCUT2D eigenvalue weighted by Crippen LogP contribution is 2.32. The van der Waals surface area contributed by atoms with Gasteiger partial charge in [0.1, 0.15) is 6.10 Å². The van der Waals surface area contributed by atoms with Gasteiger partial charge in [-0.05, 0) is 19.8 Å². The summed E-state index contributed by atoms with van der Waals surface area (Å²) in [6, 6.07) is 0.